The Labute approximate surface area is 105 Å². The Morgan fingerprint density at radius 3 is 3.06 bits per heavy atom. The first kappa shape index (κ1) is 12.2. The first-order valence-electron chi connectivity index (χ1n) is 6.53. The van der Waals surface area contributed by atoms with Crippen LogP contribution in [0.3, 0.4) is 0 Å². The number of terminal acetylenes is 1. The molecule has 0 fully saturated rings. The van der Waals surface area contributed by atoms with Crippen LogP contribution in [0.25, 0.3) is 0 Å². The van der Waals surface area contributed by atoms with Crippen LogP contribution in [-0.4, -0.2) is 6.04 Å². The molecule has 0 spiro atoms. The van der Waals surface area contributed by atoms with Crippen molar-refractivity contribution >= 4 is 0 Å². The van der Waals surface area contributed by atoms with Gasteiger partial charge in [0.1, 0.15) is 0 Å². The van der Waals surface area contributed by atoms with Crippen LogP contribution in [0.1, 0.15) is 48.9 Å². The molecule has 0 saturated carbocycles. The maximum absolute atomic E-state index is 5.41. The molecule has 90 valence electrons. The topological polar surface area (TPSA) is 12.0 Å². The minimum absolute atomic E-state index is 0.455. The smallest absolute Gasteiger partial charge is 0.0329 e. The lowest BCUT2D eigenvalue weighted by Crippen LogP contribution is -2.31. The fourth-order valence-corrected chi connectivity index (χ4v) is 2.64. The Hall–Kier alpha value is -1.26. The maximum Gasteiger partial charge on any atom is 0.0329 e. The van der Waals surface area contributed by atoms with Crippen molar-refractivity contribution in [3.05, 3.63) is 34.9 Å². The minimum atomic E-state index is 0.455. The second kappa shape index (κ2) is 5.38. The summed E-state index contributed by atoms with van der Waals surface area (Å²) in [5.41, 5.74) is 4.34. The van der Waals surface area contributed by atoms with E-state index in [4.69, 9.17) is 6.42 Å². The van der Waals surface area contributed by atoms with Gasteiger partial charge in [-0.25, -0.2) is 0 Å². The van der Waals surface area contributed by atoms with Crippen LogP contribution in [0.15, 0.2) is 18.2 Å². The standard InChI is InChI=1S/C16H21N/c1-4-6-14(5-2)17-16-10-9-13-8-7-12(3)11-15(13)16/h1,7-8,11,14,16-17H,5-6,9-10H2,2-3H3. The average Bonchev–Trinajstić information content (AvgIpc) is 2.71. The Balaban J connectivity index is 2.11. The molecular weight excluding hydrogens is 206 g/mol. The molecule has 0 heterocycles. The normalized spacial score (nSPS) is 19.7. The van der Waals surface area contributed by atoms with Crippen molar-refractivity contribution < 1.29 is 0 Å². The van der Waals surface area contributed by atoms with Gasteiger partial charge in [0.2, 0.25) is 0 Å². The maximum atomic E-state index is 5.41. The molecule has 0 radical (unpaired) electrons. The van der Waals surface area contributed by atoms with E-state index in [0.717, 1.165) is 12.8 Å². The summed E-state index contributed by atoms with van der Waals surface area (Å²) in [6.07, 6.45) is 9.74. The van der Waals surface area contributed by atoms with Gasteiger partial charge < -0.3 is 5.32 Å². The first-order valence-corrected chi connectivity index (χ1v) is 6.53. The van der Waals surface area contributed by atoms with Gasteiger partial charge in [0.05, 0.1) is 0 Å². The zero-order valence-corrected chi connectivity index (χ0v) is 10.8. The van der Waals surface area contributed by atoms with Gasteiger partial charge in [-0.05, 0) is 37.3 Å². The Morgan fingerprint density at radius 2 is 2.35 bits per heavy atom. The predicted molar refractivity (Wildman–Crippen MR) is 72.9 cm³/mol. The molecule has 2 unspecified atom stereocenters. The Morgan fingerprint density at radius 1 is 1.53 bits per heavy atom. The third kappa shape index (κ3) is 2.70. The van der Waals surface area contributed by atoms with Gasteiger partial charge in [0.25, 0.3) is 0 Å². The summed E-state index contributed by atoms with van der Waals surface area (Å²) in [6.45, 7) is 4.36. The molecule has 1 nitrogen and oxygen atoms in total. The zero-order chi connectivity index (χ0) is 12.3. The summed E-state index contributed by atoms with van der Waals surface area (Å²) >= 11 is 0. The van der Waals surface area contributed by atoms with Crippen LogP contribution < -0.4 is 5.32 Å². The quantitative estimate of drug-likeness (QED) is 0.778. The van der Waals surface area contributed by atoms with E-state index < -0.39 is 0 Å². The molecule has 1 heteroatoms. The van der Waals surface area contributed by atoms with Gasteiger partial charge in [0.15, 0.2) is 0 Å². The second-order valence-electron chi connectivity index (χ2n) is 4.97. The molecule has 1 N–H and O–H groups in total. The highest BCUT2D eigenvalue weighted by atomic mass is 15.0. The van der Waals surface area contributed by atoms with Gasteiger partial charge in [-0.3, -0.25) is 0 Å². The van der Waals surface area contributed by atoms with Gasteiger partial charge in [0, 0.05) is 18.5 Å². The van der Waals surface area contributed by atoms with E-state index >= 15 is 0 Å². The third-order valence-electron chi connectivity index (χ3n) is 3.67. The monoisotopic (exact) mass is 227 g/mol. The van der Waals surface area contributed by atoms with Crippen molar-refractivity contribution in [3.8, 4) is 12.3 Å². The lowest BCUT2D eigenvalue weighted by atomic mass is 10.0. The van der Waals surface area contributed by atoms with E-state index in [2.05, 4.69) is 43.3 Å². The molecule has 1 aromatic carbocycles. The Kier molecular flexibility index (Phi) is 3.86. The highest BCUT2D eigenvalue weighted by molar-refractivity contribution is 5.37. The van der Waals surface area contributed by atoms with Crippen LogP contribution in [0.4, 0.5) is 0 Å². The molecule has 2 atom stereocenters. The van der Waals surface area contributed by atoms with Crippen molar-refractivity contribution in [2.24, 2.45) is 0 Å². The SMILES string of the molecule is C#CCC(CC)NC1CCc2ccc(C)cc21. The summed E-state index contributed by atoms with van der Waals surface area (Å²) in [5, 5.41) is 3.71. The van der Waals surface area contributed by atoms with Gasteiger partial charge in [-0.15, -0.1) is 12.3 Å². The fraction of sp³-hybridized carbons (Fsp3) is 0.500. The van der Waals surface area contributed by atoms with E-state index in [-0.39, 0.29) is 0 Å². The Bertz CT molecular complexity index is 428. The molecule has 1 aliphatic carbocycles. The van der Waals surface area contributed by atoms with E-state index in [1.54, 1.807) is 0 Å². The summed E-state index contributed by atoms with van der Waals surface area (Å²) in [4.78, 5) is 0. The number of hydrogen-bond donors (Lipinski definition) is 1. The van der Waals surface area contributed by atoms with E-state index in [1.807, 2.05) is 0 Å². The van der Waals surface area contributed by atoms with Crippen LogP contribution in [-0.2, 0) is 6.42 Å². The summed E-state index contributed by atoms with van der Waals surface area (Å²) in [6, 6.07) is 7.76. The summed E-state index contributed by atoms with van der Waals surface area (Å²) in [7, 11) is 0. The average molecular weight is 227 g/mol. The van der Waals surface area contributed by atoms with E-state index in [1.165, 1.54) is 29.5 Å². The number of nitrogens with one attached hydrogen (secondary N) is 1. The number of aryl methyl sites for hydroxylation is 2. The van der Waals surface area contributed by atoms with Crippen LogP contribution in [0.5, 0.6) is 0 Å². The number of hydrogen-bond acceptors (Lipinski definition) is 1. The molecular formula is C16H21N. The van der Waals surface area contributed by atoms with Crippen LogP contribution in [0.2, 0.25) is 0 Å². The first-order chi connectivity index (χ1) is 8.24. The van der Waals surface area contributed by atoms with Crippen LogP contribution in [0, 0.1) is 19.3 Å². The molecule has 1 aromatic rings. The summed E-state index contributed by atoms with van der Waals surface area (Å²) < 4.78 is 0. The van der Waals surface area contributed by atoms with Crippen molar-refractivity contribution in [1.29, 1.82) is 0 Å². The molecule has 0 amide bonds. The minimum Gasteiger partial charge on any atom is -0.306 e. The summed E-state index contributed by atoms with van der Waals surface area (Å²) in [5.74, 6) is 2.77. The van der Waals surface area contributed by atoms with Crippen molar-refractivity contribution in [3.63, 3.8) is 0 Å². The molecule has 0 saturated heterocycles. The molecule has 0 aromatic heterocycles. The second-order valence-corrected chi connectivity index (χ2v) is 4.97. The molecule has 1 aliphatic rings. The highest BCUT2D eigenvalue weighted by Crippen LogP contribution is 2.32. The third-order valence-corrected chi connectivity index (χ3v) is 3.67. The van der Waals surface area contributed by atoms with Gasteiger partial charge >= 0.3 is 0 Å². The largest absolute Gasteiger partial charge is 0.306 e. The zero-order valence-electron chi connectivity index (χ0n) is 10.8. The van der Waals surface area contributed by atoms with E-state index in [0.29, 0.717) is 12.1 Å². The predicted octanol–water partition coefficient (Wildman–Crippen LogP) is 3.37. The lowest BCUT2D eigenvalue weighted by Gasteiger charge is -2.21. The van der Waals surface area contributed by atoms with E-state index in [9.17, 15) is 0 Å². The van der Waals surface area contributed by atoms with Crippen molar-refractivity contribution in [2.75, 3.05) is 0 Å². The molecule has 0 aliphatic heterocycles. The number of benzene rings is 1. The van der Waals surface area contributed by atoms with Gasteiger partial charge in [-0.1, -0.05) is 30.7 Å². The van der Waals surface area contributed by atoms with Crippen molar-refractivity contribution in [1.82, 2.24) is 5.32 Å². The number of fused-ring (bicyclic) bond motifs is 1. The highest BCUT2D eigenvalue weighted by Gasteiger charge is 2.23. The van der Waals surface area contributed by atoms with Crippen molar-refractivity contribution in [2.45, 2.75) is 51.6 Å². The van der Waals surface area contributed by atoms with Gasteiger partial charge in [-0.2, -0.15) is 0 Å². The lowest BCUT2D eigenvalue weighted by molar-refractivity contribution is 0.427. The molecule has 17 heavy (non-hydrogen) atoms. The molecule has 2 rings (SSSR count). The van der Waals surface area contributed by atoms with Crippen LogP contribution >= 0.6 is 0 Å². The fourth-order valence-electron chi connectivity index (χ4n) is 2.64. The number of rotatable bonds is 4. The molecule has 0 bridgehead atoms.